The molecule has 0 aliphatic carbocycles. The molecule has 0 saturated heterocycles. The van der Waals surface area contributed by atoms with E-state index in [-0.39, 0.29) is 11.7 Å². The first-order valence-electron chi connectivity index (χ1n) is 10.5. The molecule has 0 unspecified atom stereocenters. The van der Waals surface area contributed by atoms with Crippen LogP contribution in [0.1, 0.15) is 36.6 Å². The van der Waals surface area contributed by atoms with Crippen LogP contribution in [0.25, 0.3) is 0 Å². The number of nitrogens with one attached hydrogen (secondary N) is 1. The molecular formula is C24H29FN2O5. The molecule has 0 saturated carbocycles. The average Bonchev–Trinajstić information content (AvgIpc) is 2.80. The Balaban J connectivity index is 2.05. The van der Waals surface area contributed by atoms with Crippen LogP contribution in [-0.2, 0) is 16.0 Å². The third-order valence-electron chi connectivity index (χ3n) is 5.72. The molecule has 0 bridgehead atoms. The van der Waals surface area contributed by atoms with Crippen molar-refractivity contribution >= 4 is 12.0 Å². The summed E-state index contributed by atoms with van der Waals surface area (Å²) >= 11 is 0. The maximum absolute atomic E-state index is 13.6. The molecule has 0 aromatic heterocycles. The van der Waals surface area contributed by atoms with Crippen LogP contribution in [0.15, 0.2) is 36.4 Å². The fourth-order valence-electron chi connectivity index (χ4n) is 4.01. The molecule has 2 aromatic rings. The van der Waals surface area contributed by atoms with Gasteiger partial charge >= 0.3 is 12.0 Å². The Kier molecular flexibility index (Phi) is 7.22. The van der Waals surface area contributed by atoms with E-state index >= 15 is 0 Å². The Hall–Kier alpha value is -3.29. The zero-order valence-electron chi connectivity index (χ0n) is 19.0. The highest BCUT2D eigenvalue weighted by atomic mass is 19.1. The van der Waals surface area contributed by atoms with Gasteiger partial charge in [-0.1, -0.05) is 26.0 Å². The van der Waals surface area contributed by atoms with Gasteiger partial charge in [0, 0.05) is 6.54 Å². The maximum Gasteiger partial charge on any atom is 0.328 e. The first kappa shape index (κ1) is 23.4. The fraction of sp³-hybridized carbons (Fsp3) is 0.417. The summed E-state index contributed by atoms with van der Waals surface area (Å²) in [5, 5.41) is 2.81. The maximum atomic E-state index is 13.6. The van der Waals surface area contributed by atoms with E-state index in [1.54, 1.807) is 31.3 Å². The number of hydrogen-bond donors (Lipinski definition) is 1. The van der Waals surface area contributed by atoms with Crippen LogP contribution in [0.4, 0.5) is 9.18 Å². The van der Waals surface area contributed by atoms with E-state index < -0.39 is 24.1 Å². The van der Waals surface area contributed by atoms with E-state index in [0.29, 0.717) is 24.5 Å². The Morgan fingerprint density at radius 2 is 1.69 bits per heavy atom. The predicted molar refractivity (Wildman–Crippen MR) is 117 cm³/mol. The lowest BCUT2D eigenvalue weighted by Crippen LogP contribution is -2.53. The number of carbonyl (C=O) groups excluding carboxylic acids is 2. The number of amides is 2. The SMILES string of the molecule is COC(=O)[C@@H](NC(=O)N1CCc2cc(OC)c(OC)cc2[C@@H]1c1ccc(F)cc1)C(C)C. The molecule has 0 fully saturated rings. The van der Waals surface area contributed by atoms with Gasteiger partial charge in [0.25, 0.3) is 0 Å². The molecule has 1 N–H and O–H groups in total. The molecule has 7 nitrogen and oxygen atoms in total. The lowest BCUT2D eigenvalue weighted by molar-refractivity contribution is -0.144. The number of halogens is 1. The highest BCUT2D eigenvalue weighted by Gasteiger charge is 2.35. The summed E-state index contributed by atoms with van der Waals surface area (Å²) in [6.07, 6.45) is 0.589. The second-order valence-corrected chi connectivity index (χ2v) is 8.00. The van der Waals surface area contributed by atoms with Crippen molar-refractivity contribution in [3.63, 3.8) is 0 Å². The predicted octanol–water partition coefficient (Wildman–Crippen LogP) is 3.70. The van der Waals surface area contributed by atoms with Gasteiger partial charge in [0.05, 0.1) is 27.4 Å². The van der Waals surface area contributed by atoms with Gasteiger partial charge < -0.3 is 24.4 Å². The van der Waals surface area contributed by atoms with E-state index in [4.69, 9.17) is 14.2 Å². The number of methoxy groups -OCH3 is 3. The van der Waals surface area contributed by atoms with Crippen LogP contribution >= 0.6 is 0 Å². The smallest absolute Gasteiger partial charge is 0.328 e. The van der Waals surface area contributed by atoms with Crippen molar-refractivity contribution in [3.8, 4) is 11.5 Å². The molecular weight excluding hydrogens is 415 g/mol. The van der Waals surface area contributed by atoms with E-state index in [2.05, 4.69) is 5.32 Å². The van der Waals surface area contributed by atoms with Crippen LogP contribution in [-0.4, -0.2) is 50.8 Å². The summed E-state index contributed by atoms with van der Waals surface area (Å²) in [5.41, 5.74) is 2.61. The molecule has 1 heterocycles. The van der Waals surface area contributed by atoms with Crippen molar-refractivity contribution in [1.29, 1.82) is 0 Å². The number of esters is 1. The number of benzene rings is 2. The number of carbonyl (C=O) groups is 2. The van der Waals surface area contributed by atoms with Gasteiger partial charge in [0.1, 0.15) is 11.9 Å². The average molecular weight is 445 g/mol. The van der Waals surface area contributed by atoms with Gasteiger partial charge in [-0.3, -0.25) is 0 Å². The molecule has 1 aliphatic heterocycles. The fourth-order valence-corrected chi connectivity index (χ4v) is 4.01. The number of hydrogen-bond acceptors (Lipinski definition) is 5. The van der Waals surface area contributed by atoms with Crippen molar-refractivity contribution in [2.75, 3.05) is 27.9 Å². The number of ether oxygens (including phenoxy) is 3. The van der Waals surface area contributed by atoms with E-state index in [9.17, 15) is 14.0 Å². The van der Waals surface area contributed by atoms with Crippen LogP contribution in [0.5, 0.6) is 11.5 Å². The zero-order chi connectivity index (χ0) is 23.4. The molecule has 0 spiro atoms. The van der Waals surface area contributed by atoms with Crippen LogP contribution in [0, 0.1) is 11.7 Å². The molecule has 0 radical (unpaired) electrons. The Morgan fingerprint density at radius 3 is 2.25 bits per heavy atom. The summed E-state index contributed by atoms with van der Waals surface area (Å²) in [6, 6.07) is 8.13. The standard InChI is InChI=1S/C24H29FN2O5/c1-14(2)21(23(28)32-5)26-24(29)27-11-10-16-12-19(30-3)20(31-4)13-18(16)22(27)15-6-8-17(25)9-7-15/h6-9,12-14,21-22H,10-11H2,1-5H3,(H,26,29)/t21-,22-/m0/s1. The summed E-state index contributed by atoms with van der Waals surface area (Å²) in [6.45, 7) is 4.08. The molecule has 2 atom stereocenters. The third-order valence-corrected chi connectivity index (χ3v) is 5.72. The zero-order valence-corrected chi connectivity index (χ0v) is 19.0. The van der Waals surface area contributed by atoms with Crippen molar-refractivity contribution in [1.82, 2.24) is 10.2 Å². The van der Waals surface area contributed by atoms with Gasteiger partial charge in [-0.25, -0.2) is 14.0 Å². The van der Waals surface area contributed by atoms with E-state index in [1.807, 2.05) is 26.0 Å². The number of urea groups is 1. The van der Waals surface area contributed by atoms with Gasteiger partial charge in [-0.2, -0.15) is 0 Å². The monoisotopic (exact) mass is 444 g/mol. The Labute approximate surface area is 187 Å². The molecule has 3 rings (SSSR count). The molecule has 2 amide bonds. The third kappa shape index (κ3) is 4.64. The number of rotatable bonds is 6. The van der Waals surface area contributed by atoms with E-state index in [1.165, 1.54) is 19.2 Å². The second kappa shape index (κ2) is 9.89. The lowest BCUT2D eigenvalue weighted by Gasteiger charge is -2.39. The Bertz CT molecular complexity index is 977. The van der Waals surface area contributed by atoms with Gasteiger partial charge in [-0.05, 0) is 53.3 Å². The van der Waals surface area contributed by atoms with Gasteiger partial charge in [0.2, 0.25) is 0 Å². The topological polar surface area (TPSA) is 77.1 Å². The minimum absolute atomic E-state index is 0.155. The van der Waals surface area contributed by atoms with Gasteiger partial charge in [-0.15, -0.1) is 0 Å². The molecule has 2 aromatic carbocycles. The minimum atomic E-state index is -0.784. The number of fused-ring (bicyclic) bond motifs is 1. The molecule has 8 heteroatoms. The quantitative estimate of drug-likeness (QED) is 0.688. The van der Waals surface area contributed by atoms with Gasteiger partial charge in [0.15, 0.2) is 11.5 Å². The highest BCUT2D eigenvalue weighted by Crippen LogP contribution is 2.41. The first-order valence-corrected chi connectivity index (χ1v) is 10.5. The summed E-state index contributed by atoms with van der Waals surface area (Å²) < 4.78 is 29.4. The molecule has 1 aliphatic rings. The number of nitrogens with zero attached hydrogens (tertiary/aromatic N) is 1. The van der Waals surface area contributed by atoms with Crippen molar-refractivity contribution < 1.29 is 28.2 Å². The van der Waals surface area contributed by atoms with Crippen molar-refractivity contribution in [3.05, 3.63) is 58.9 Å². The highest BCUT2D eigenvalue weighted by molar-refractivity contribution is 5.84. The Morgan fingerprint density at radius 1 is 1.06 bits per heavy atom. The summed E-state index contributed by atoms with van der Waals surface area (Å²) in [7, 11) is 4.42. The molecule has 172 valence electrons. The van der Waals surface area contributed by atoms with E-state index in [0.717, 1.165) is 16.7 Å². The van der Waals surface area contributed by atoms with Crippen molar-refractivity contribution in [2.45, 2.75) is 32.4 Å². The van der Waals surface area contributed by atoms with Crippen LogP contribution in [0.2, 0.25) is 0 Å². The summed E-state index contributed by atoms with van der Waals surface area (Å²) in [5.74, 6) is 0.120. The van der Waals surface area contributed by atoms with Crippen LogP contribution in [0.3, 0.4) is 0 Å². The van der Waals surface area contributed by atoms with Crippen molar-refractivity contribution in [2.24, 2.45) is 5.92 Å². The molecule has 32 heavy (non-hydrogen) atoms. The minimum Gasteiger partial charge on any atom is -0.493 e. The lowest BCUT2D eigenvalue weighted by atomic mass is 9.87. The van der Waals surface area contributed by atoms with Crippen LogP contribution < -0.4 is 14.8 Å². The normalized spacial score (nSPS) is 16.2. The largest absolute Gasteiger partial charge is 0.493 e. The first-order chi connectivity index (χ1) is 15.3. The summed E-state index contributed by atoms with van der Waals surface area (Å²) in [4.78, 5) is 27.2. The second-order valence-electron chi connectivity index (χ2n) is 8.00.